The van der Waals surface area contributed by atoms with Crippen molar-refractivity contribution in [1.82, 2.24) is 4.90 Å². The molecule has 0 aromatic heterocycles. The quantitative estimate of drug-likeness (QED) is 0.889. The lowest BCUT2D eigenvalue weighted by Crippen LogP contribution is -2.33. The molecule has 0 saturated carbocycles. The van der Waals surface area contributed by atoms with Crippen molar-refractivity contribution in [2.75, 3.05) is 13.1 Å². The molecule has 0 aliphatic heterocycles. The Balaban J connectivity index is 2.14. The van der Waals surface area contributed by atoms with E-state index in [1.165, 1.54) is 11.6 Å². The molecule has 0 unspecified atom stereocenters. The molecular weight excluding hydrogens is 290 g/mol. The van der Waals surface area contributed by atoms with E-state index >= 15 is 0 Å². The van der Waals surface area contributed by atoms with Gasteiger partial charge in [0, 0.05) is 18.7 Å². The molecule has 2 rings (SSSR count). The van der Waals surface area contributed by atoms with Gasteiger partial charge in [-0.1, -0.05) is 30.3 Å². The van der Waals surface area contributed by atoms with Crippen LogP contribution in [0.1, 0.15) is 38.8 Å². The molecule has 0 saturated heterocycles. The van der Waals surface area contributed by atoms with Gasteiger partial charge in [-0.15, -0.1) is 0 Å². The van der Waals surface area contributed by atoms with Crippen molar-refractivity contribution in [3.8, 4) is 0 Å². The number of hydrogen-bond acceptors (Lipinski definition) is 2. The number of carboxylic acids is 1. The van der Waals surface area contributed by atoms with Crippen molar-refractivity contribution < 1.29 is 14.7 Å². The summed E-state index contributed by atoms with van der Waals surface area (Å²) in [5.41, 5.74) is 2.52. The van der Waals surface area contributed by atoms with Crippen molar-refractivity contribution in [1.29, 1.82) is 0 Å². The van der Waals surface area contributed by atoms with E-state index in [9.17, 15) is 9.59 Å². The zero-order valence-electron chi connectivity index (χ0n) is 13.5. The number of rotatable bonds is 6. The lowest BCUT2D eigenvalue weighted by molar-refractivity contribution is 0.0696. The van der Waals surface area contributed by atoms with Crippen molar-refractivity contribution in [2.24, 2.45) is 0 Å². The third-order valence-electron chi connectivity index (χ3n) is 3.75. The van der Waals surface area contributed by atoms with Gasteiger partial charge in [-0.3, -0.25) is 4.79 Å². The number of carbonyl (C=O) groups is 2. The molecule has 0 radical (unpaired) electrons. The van der Waals surface area contributed by atoms with Crippen LogP contribution in [0.2, 0.25) is 0 Å². The number of carbonyl (C=O) groups excluding carboxylic acids is 1. The molecule has 4 heteroatoms. The molecule has 2 aromatic carbocycles. The molecule has 4 nitrogen and oxygen atoms in total. The standard InChI is InChI=1S/C19H21NO3/c1-3-20(10-9-15-7-5-4-6-8-15)18(21)16-11-14(2)12-17(13-16)19(22)23/h4-8,11-13H,3,9-10H2,1-2H3,(H,22,23). The van der Waals surface area contributed by atoms with E-state index in [1.54, 1.807) is 24.0 Å². The number of aromatic carboxylic acids is 1. The minimum absolute atomic E-state index is 0.130. The molecule has 0 spiro atoms. The van der Waals surface area contributed by atoms with Gasteiger partial charge in [-0.05, 0) is 49.6 Å². The summed E-state index contributed by atoms with van der Waals surface area (Å²) < 4.78 is 0. The Morgan fingerprint density at radius 3 is 2.30 bits per heavy atom. The minimum atomic E-state index is -1.02. The van der Waals surface area contributed by atoms with Crippen molar-refractivity contribution in [2.45, 2.75) is 20.3 Å². The molecule has 0 heterocycles. The Morgan fingerprint density at radius 1 is 1.04 bits per heavy atom. The van der Waals surface area contributed by atoms with Crippen LogP contribution in [-0.4, -0.2) is 35.0 Å². The summed E-state index contributed by atoms with van der Waals surface area (Å²) in [7, 11) is 0. The SMILES string of the molecule is CCN(CCc1ccccc1)C(=O)c1cc(C)cc(C(=O)O)c1. The number of benzene rings is 2. The van der Waals surface area contributed by atoms with Gasteiger partial charge in [0.2, 0.25) is 0 Å². The second kappa shape index (κ2) is 7.58. The molecule has 0 aliphatic carbocycles. The third kappa shape index (κ3) is 4.42. The predicted molar refractivity (Wildman–Crippen MR) is 89.9 cm³/mol. The average molecular weight is 311 g/mol. The van der Waals surface area contributed by atoms with Gasteiger partial charge in [0.25, 0.3) is 5.91 Å². The van der Waals surface area contributed by atoms with Gasteiger partial charge in [0.1, 0.15) is 0 Å². The van der Waals surface area contributed by atoms with Crippen LogP contribution in [0.5, 0.6) is 0 Å². The smallest absolute Gasteiger partial charge is 0.335 e. The van der Waals surface area contributed by atoms with Gasteiger partial charge in [0.15, 0.2) is 0 Å². The van der Waals surface area contributed by atoms with Gasteiger partial charge in [0.05, 0.1) is 5.56 Å². The molecule has 120 valence electrons. The normalized spacial score (nSPS) is 10.3. The molecular formula is C19H21NO3. The first kappa shape index (κ1) is 16.7. The summed E-state index contributed by atoms with van der Waals surface area (Å²) in [4.78, 5) is 25.6. The van der Waals surface area contributed by atoms with Gasteiger partial charge in [-0.2, -0.15) is 0 Å². The van der Waals surface area contributed by atoms with Crippen LogP contribution >= 0.6 is 0 Å². The van der Waals surface area contributed by atoms with Crippen LogP contribution in [0.4, 0.5) is 0 Å². The first-order valence-corrected chi connectivity index (χ1v) is 7.69. The first-order chi connectivity index (χ1) is 11.0. The van der Waals surface area contributed by atoms with Crippen molar-refractivity contribution in [3.63, 3.8) is 0 Å². The topological polar surface area (TPSA) is 57.6 Å². The third-order valence-corrected chi connectivity index (χ3v) is 3.75. The van der Waals surface area contributed by atoms with Gasteiger partial charge < -0.3 is 10.0 Å². The lowest BCUT2D eigenvalue weighted by Gasteiger charge is -2.21. The van der Waals surface area contributed by atoms with Crippen LogP contribution in [0.3, 0.4) is 0 Å². The second-order valence-corrected chi connectivity index (χ2v) is 5.51. The van der Waals surface area contributed by atoms with Crippen molar-refractivity contribution >= 4 is 11.9 Å². The van der Waals surface area contributed by atoms with Crippen molar-refractivity contribution in [3.05, 3.63) is 70.8 Å². The molecule has 0 atom stereocenters. The summed E-state index contributed by atoms with van der Waals surface area (Å²) in [5.74, 6) is -1.15. The molecule has 1 N–H and O–H groups in total. The van der Waals surface area contributed by atoms with Crippen LogP contribution in [0.15, 0.2) is 48.5 Å². The van der Waals surface area contributed by atoms with E-state index < -0.39 is 5.97 Å². The summed E-state index contributed by atoms with van der Waals surface area (Å²) in [5, 5.41) is 9.14. The number of amides is 1. The van der Waals surface area contributed by atoms with E-state index in [2.05, 4.69) is 0 Å². The fourth-order valence-electron chi connectivity index (χ4n) is 2.52. The van der Waals surface area contributed by atoms with Crippen LogP contribution in [0, 0.1) is 6.92 Å². The fraction of sp³-hybridized carbons (Fsp3) is 0.263. The maximum absolute atomic E-state index is 12.7. The summed E-state index contributed by atoms with van der Waals surface area (Å²) in [6.45, 7) is 4.91. The maximum atomic E-state index is 12.7. The number of nitrogens with zero attached hydrogens (tertiary/aromatic N) is 1. The summed E-state index contributed by atoms with van der Waals surface area (Å²) in [6, 6.07) is 14.7. The lowest BCUT2D eigenvalue weighted by atomic mass is 10.0. The Kier molecular flexibility index (Phi) is 5.52. The zero-order valence-corrected chi connectivity index (χ0v) is 13.5. The highest BCUT2D eigenvalue weighted by Crippen LogP contribution is 2.13. The Morgan fingerprint density at radius 2 is 1.70 bits per heavy atom. The van der Waals surface area contributed by atoms with E-state index in [4.69, 9.17) is 5.11 Å². The largest absolute Gasteiger partial charge is 0.478 e. The molecule has 0 aliphatic rings. The van der Waals surface area contributed by atoms with Crippen LogP contribution in [0.25, 0.3) is 0 Å². The highest BCUT2D eigenvalue weighted by molar-refractivity contribution is 5.97. The van der Waals surface area contributed by atoms with Gasteiger partial charge >= 0.3 is 5.97 Å². The average Bonchev–Trinajstić information content (AvgIpc) is 2.55. The van der Waals surface area contributed by atoms with Crippen LogP contribution in [-0.2, 0) is 6.42 Å². The number of carboxylic acid groups (broad SMARTS) is 1. The van der Waals surface area contributed by atoms with E-state index in [0.29, 0.717) is 18.7 Å². The first-order valence-electron chi connectivity index (χ1n) is 7.69. The number of aryl methyl sites for hydroxylation is 1. The number of likely N-dealkylation sites (N-methyl/N-ethyl adjacent to an activating group) is 1. The van der Waals surface area contributed by atoms with Gasteiger partial charge in [-0.25, -0.2) is 4.79 Å². The molecule has 23 heavy (non-hydrogen) atoms. The highest BCUT2D eigenvalue weighted by Gasteiger charge is 2.16. The Labute approximate surface area is 136 Å². The number of hydrogen-bond donors (Lipinski definition) is 1. The highest BCUT2D eigenvalue weighted by atomic mass is 16.4. The molecule has 2 aromatic rings. The molecule has 1 amide bonds. The maximum Gasteiger partial charge on any atom is 0.335 e. The second-order valence-electron chi connectivity index (χ2n) is 5.51. The molecule has 0 bridgehead atoms. The Bertz CT molecular complexity index is 695. The summed E-state index contributed by atoms with van der Waals surface area (Å²) >= 11 is 0. The monoisotopic (exact) mass is 311 g/mol. The zero-order chi connectivity index (χ0) is 16.8. The molecule has 0 fully saturated rings. The van der Waals surface area contributed by atoms with E-state index in [-0.39, 0.29) is 11.5 Å². The summed E-state index contributed by atoms with van der Waals surface area (Å²) in [6.07, 6.45) is 0.776. The Hall–Kier alpha value is -2.62. The predicted octanol–water partition coefficient (Wildman–Crippen LogP) is 3.40. The van der Waals surface area contributed by atoms with E-state index in [1.807, 2.05) is 37.3 Å². The minimum Gasteiger partial charge on any atom is -0.478 e. The van der Waals surface area contributed by atoms with E-state index in [0.717, 1.165) is 12.0 Å². The van der Waals surface area contributed by atoms with Crippen LogP contribution < -0.4 is 0 Å². The fourth-order valence-corrected chi connectivity index (χ4v) is 2.52.